The molecule has 0 aromatic rings. The largest absolute Gasteiger partial charge is 0.381 e. The highest BCUT2D eigenvalue weighted by molar-refractivity contribution is 8.00. The molecule has 0 radical (unpaired) electrons. The first-order chi connectivity index (χ1) is 21.3. The van der Waals surface area contributed by atoms with Crippen molar-refractivity contribution in [3.05, 3.63) is 11.8 Å². The highest BCUT2D eigenvalue weighted by Gasteiger charge is 2.43. The summed E-state index contributed by atoms with van der Waals surface area (Å²) in [6.07, 6.45) is 3.57. The molecular weight excluding hydrogens is 617 g/mol. The predicted octanol–water partition coefficient (Wildman–Crippen LogP) is 1.92. The van der Waals surface area contributed by atoms with Gasteiger partial charge in [0.15, 0.2) is 0 Å². The van der Waals surface area contributed by atoms with Crippen LogP contribution in [0.2, 0.25) is 0 Å². The smallest absolute Gasteiger partial charge is 0.246 e. The molecular formula is C31H52N6O6S2. The van der Waals surface area contributed by atoms with Crippen LogP contribution in [0.3, 0.4) is 0 Å². The molecule has 2 aliphatic heterocycles. The van der Waals surface area contributed by atoms with E-state index in [0.29, 0.717) is 43.3 Å². The molecule has 2 heterocycles. The number of nitrogens with one attached hydrogen (secondary N) is 4. The van der Waals surface area contributed by atoms with E-state index in [1.54, 1.807) is 11.8 Å². The summed E-state index contributed by atoms with van der Waals surface area (Å²) in [7, 11) is 0. The molecule has 0 saturated carbocycles. The van der Waals surface area contributed by atoms with Crippen molar-refractivity contribution in [3.63, 3.8) is 0 Å². The lowest BCUT2D eigenvalue weighted by atomic mass is 9.87. The second-order valence-electron chi connectivity index (χ2n) is 12.2. The number of ether oxygens (including phenoxy) is 1. The van der Waals surface area contributed by atoms with Crippen LogP contribution >= 0.6 is 23.5 Å². The molecule has 1 spiro atoms. The maximum atomic E-state index is 13.9. The molecule has 2 aliphatic rings. The van der Waals surface area contributed by atoms with Gasteiger partial charge in [-0.3, -0.25) is 29.0 Å². The number of hydrogen-bond donors (Lipinski definition) is 5. The number of nitrogens with two attached hydrogens (primary N) is 1. The summed E-state index contributed by atoms with van der Waals surface area (Å²) in [4.78, 5) is 71.2. The van der Waals surface area contributed by atoms with Gasteiger partial charge in [0.05, 0.1) is 0 Å². The molecule has 14 heteroatoms. The average Bonchev–Trinajstić information content (AvgIpc) is 2.99. The van der Waals surface area contributed by atoms with E-state index in [2.05, 4.69) is 21.3 Å². The Labute approximate surface area is 276 Å². The minimum Gasteiger partial charge on any atom is -0.381 e. The summed E-state index contributed by atoms with van der Waals surface area (Å²) in [5.41, 5.74) is 6.14. The van der Waals surface area contributed by atoms with E-state index in [9.17, 15) is 24.0 Å². The molecule has 45 heavy (non-hydrogen) atoms. The highest BCUT2D eigenvalue weighted by atomic mass is 32.2. The molecule has 0 aromatic heterocycles. The number of carbonyl (C=O) groups excluding carboxylic acids is 5. The number of rotatable bonds is 5. The van der Waals surface area contributed by atoms with Gasteiger partial charge in [-0.25, -0.2) is 0 Å². The summed E-state index contributed by atoms with van der Waals surface area (Å²) in [6, 6.07) is -2.86. The molecule has 0 bridgehead atoms. The van der Waals surface area contributed by atoms with E-state index in [1.165, 1.54) is 11.8 Å². The molecule has 254 valence electrons. The Morgan fingerprint density at radius 3 is 2.36 bits per heavy atom. The van der Waals surface area contributed by atoms with Crippen molar-refractivity contribution in [3.8, 4) is 0 Å². The highest BCUT2D eigenvalue weighted by Crippen LogP contribution is 2.23. The molecule has 1 saturated heterocycles. The Kier molecular flexibility index (Phi) is 16.4. The summed E-state index contributed by atoms with van der Waals surface area (Å²) < 4.78 is 5.51. The van der Waals surface area contributed by atoms with E-state index < -0.39 is 47.3 Å². The Morgan fingerprint density at radius 2 is 1.76 bits per heavy atom. The number of primary amides is 1. The van der Waals surface area contributed by atoms with Crippen LogP contribution in [0.4, 0.5) is 0 Å². The minimum atomic E-state index is -1.22. The van der Waals surface area contributed by atoms with Gasteiger partial charge >= 0.3 is 0 Å². The van der Waals surface area contributed by atoms with Gasteiger partial charge in [-0.2, -0.15) is 23.5 Å². The molecule has 2 rings (SSSR count). The number of hydrogen-bond acceptors (Lipinski definition) is 9. The van der Waals surface area contributed by atoms with Crippen molar-refractivity contribution in [1.82, 2.24) is 21.3 Å². The zero-order valence-corrected chi connectivity index (χ0v) is 29.2. The number of aliphatic imine (C=N–C) groups is 1. The van der Waals surface area contributed by atoms with E-state index in [1.807, 2.05) is 47.6 Å². The minimum absolute atomic E-state index is 0.0399. The van der Waals surface area contributed by atoms with Crippen molar-refractivity contribution >= 4 is 58.8 Å². The number of thioether (sulfide) groups is 2. The van der Waals surface area contributed by atoms with Gasteiger partial charge in [0.25, 0.3) is 0 Å². The molecule has 12 nitrogen and oxygen atoms in total. The zero-order valence-electron chi connectivity index (χ0n) is 27.5. The average molecular weight is 669 g/mol. The fourth-order valence-corrected chi connectivity index (χ4v) is 6.87. The van der Waals surface area contributed by atoms with Crippen molar-refractivity contribution in [2.45, 2.75) is 97.3 Å². The van der Waals surface area contributed by atoms with Crippen LogP contribution in [-0.4, -0.2) is 95.1 Å². The van der Waals surface area contributed by atoms with Gasteiger partial charge in [-0.15, -0.1) is 0 Å². The fourth-order valence-electron chi connectivity index (χ4n) is 4.99. The lowest BCUT2D eigenvalue weighted by Crippen LogP contribution is -2.65. The van der Waals surface area contributed by atoms with Gasteiger partial charge in [0.1, 0.15) is 23.7 Å². The normalized spacial score (nSPS) is 26.9. The Morgan fingerprint density at radius 1 is 1.07 bits per heavy atom. The SMILES string of the molecule is CC=C1CSCCC(=O)NC2(CCOCC2)C(=O)N[C@@H](CC(C)C)C(=O)N[C@@H]([C@@H](C)CC)C(=O)NC(C(N)=O)CSCC(C)=N1. The Bertz CT molecular complexity index is 1110. The van der Waals surface area contributed by atoms with Gasteiger partial charge in [0.2, 0.25) is 29.5 Å². The number of nitrogens with zero attached hydrogens (tertiary/aromatic N) is 1. The topological polar surface area (TPSA) is 181 Å². The van der Waals surface area contributed by atoms with E-state index in [4.69, 9.17) is 15.5 Å². The van der Waals surface area contributed by atoms with Crippen LogP contribution in [0.15, 0.2) is 16.8 Å². The first kappa shape index (κ1) is 38.6. The van der Waals surface area contributed by atoms with E-state index >= 15 is 0 Å². The molecule has 5 amide bonds. The number of amides is 5. The van der Waals surface area contributed by atoms with Gasteiger partial charge in [-0.05, 0) is 32.1 Å². The summed E-state index contributed by atoms with van der Waals surface area (Å²) in [5.74, 6) is -0.736. The second kappa shape index (κ2) is 19.2. The van der Waals surface area contributed by atoms with E-state index in [0.717, 1.165) is 11.4 Å². The lowest BCUT2D eigenvalue weighted by molar-refractivity contribution is -0.140. The monoisotopic (exact) mass is 668 g/mol. The molecule has 0 aliphatic carbocycles. The van der Waals surface area contributed by atoms with Crippen LogP contribution in [-0.2, 0) is 28.7 Å². The fraction of sp³-hybridized carbons (Fsp3) is 0.742. The van der Waals surface area contributed by atoms with Crippen molar-refractivity contribution < 1.29 is 28.7 Å². The Hall–Kier alpha value is -2.58. The van der Waals surface area contributed by atoms with E-state index in [-0.39, 0.29) is 42.8 Å². The van der Waals surface area contributed by atoms with Crippen molar-refractivity contribution in [1.29, 1.82) is 0 Å². The zero-order chi connectivity index (χ0) is 33.6. The molecule has 0 aromatic carbocycles. The Balaban J connectivity index is 2.44. The van der Waals surface area contributed by atoms with Crippen LogP contribution in [0.25, 0.3) is 0 Å². The van der Waals surface area contributed by atoms with Crippen molar-refractivity contribution in [2.24, 2.45) is 22.6 Å². The van der Waals surface area contributed by atoms with Gasteiger partial charge in [-0.1, -0.05) is 40.2 Å². The summed E-state index contributed by atoms with van der Waals surface area (Å²) in [6.45, 7) is 12.0. The van der Waals surface area contributed by atoms with Crippen molar-refractivity contribution in [2.75, 3.05) is 36.2 Å². The third kappa shape index (κ3) is 12.6. The number of allylic oxidation sites excluding steroid dienone is 1. The molecule has 1 unspecified atom stereocenters. The first-order valence-electron chi connectivity index (χ1n) is 15.8. The van der Waals surface area contributed by atoms with Gasteiger partial charge in [0, 0.05) is 66.9 Å². The summed E-state index contributed by atoms with van der Waals surface area (Å²) >= 11 is 2.99. The number of carbonyl (C=O) groups is 5. The molecule has 4 atom stereocenters. The summed E-state index contributed by atoms with van der Waals surface area (Å²) in [5, 5.41) is 11.4. The quantitative estimate of drug-likeness (QED) is 0.295. The third-order valence-corrected chi connectivity index (χ3v) is 10.1. The van der Waals surface area contributed by atoms with Crippen LogP contribution in [0.5, 0.6) is 0 Å². The van der Waals surface area contributed by atoms with Gasteiger partial charge < -0.3 is 31.7 Å². The van der Waals surface area contributed by atoms with Crippen LogP contribution < -0.4 is 27.0 Å². The van der Waals surface area contributed by atoms with Crippen LogP contribution in [0, 0.1) is 11.8 Å². The predicted molar refractivity (Wildman–Crippen MR) is 181 cm³/mol. The van der Waals surface area contributed by atoms with Crippen LogP contribution in [0.1, 0.15) is 73.6 Å². The third-order valence-electron chi connectivity index (χ3n) is 7.93. The standard InChI is InChI=1S/C31H52N6O6S2/c1-7-20(5)26-29(41)34-24(27(32)39)18-45-16-21(6)33-22(8-2)17-44-14-9-25(38)37-31(10-12-43-13-11-31)30(42)35-23(15-19(3)4)28(40)36-26/h8,19-20,23-24,26H,7,9-18H2,1-6H3,(H2,32,39)(H,34,41)(H,35,42)(H,36,40)(H,37,38)/t20-,23-,24?,26-/m0/s1. The maximum Gasteiger partial charge on any atom is 0.246 e. The maximum absolute atomic E-state index is 13.9. The first-order valence-corrected chi connectivity index (χ1v) is 18.1. The lowest BCUT2D eigenvalue weighted by Gasteiger charge is -2.38. The molecule has 1 fully saturated rings. The molecule has 6 N–H and O–H groups in total. The second-order valence-corrected chi connectivity index (χ2v) is 14.3.